The molecule has 0 N–H and O–H groups in total. The Labute approximate surface area is 189 Å². The van der Waals surface area contributed by atoms with Gasteiger partial charge in [0.1, 0.15) is 23.9 Å². The molecule has 31 heavy (non-hydrogen) atoms. The minimum atomic E-state index is 0.301. The molecule has 0 aliphatic heterocycles. The Hall–Kier alpha value is -2.97. The third-order valence-corrected chi connectivity index (χ3v) is 5.80. The minimum absolute atomic E-state index is 0.301. The first-order valence-electron chi connectivity index (χ1n) is 9.70. The number of benzene rings is 1. The molecule has 160 valence electrons. The van der Waals surface area contributed by atoms with E-state index in [2.05, 4.69) is 15.3 Å². The Morgan fingerprint density at radius 3 is 2.71 bits per heavy atom. The van der Waals surface area contributed by atoms with Crippen molar-refractivity contribution in [3.63, 3.8) is 0 Å². The van der Waals surface area contributed by atoms with Crippen molar-refractivity contribution >= 4 is 29.6 Å². The van der Waals surface area contributed by atoms with Crippen LogP contribution in [0.5, 0.6) is 5.75 Å². The summed E-state index contributed by atoms with van der Waals surface area (Å²) in [6.07, 6.45) is 3.21. The fourth-order valence-corrected chi connectivity index (χ4v) is 3.67. The van der Waals surface area contributed by atoms with Gasteiger partial charge in [0.05, 0.1) is 12.5 Å². The first-order valence-corrected chi connectivity index (χ1v) is 11.1. The lowest BCUT2D eigenvalue weighted by molar-refractivity contribution is 0.269. The van der Waals surface area contributed by atoms with Crippen LogP contribution in [0.3, 0.4) is 0 Å². The van der Waals surface area contributed by atoms with Crippen LogP contribution in [0, 0.1) is 13.8 Å². The first-order chi connectivity index (χ1) is 15.0. The van der Waals surface area contributed by atoms with Gasteiger partial charge in [-0.15, -0.1) is 10.2 Å². The Kier molecular flexibility index (Phi) is 6.48. The van der Waals surface area contributed by atoms with Crippen LogP contribution >= 0.6 is 23.4 Å². The summed E-state index contributed by atoms with van der Waals surface area (Å²) >= 11 is 7.76. The van der Waals surface area contributed by atoms with Crippen molar-refractivity contribution in [2.24, 2.45) is 5.10 Å². The number of hydrogen-bond acceptors (Lipinski definition) is 7. The van der Waals surface area contributed by atoms with Gasteiger partial charge in [0.15, 0.2) is 5.76 Å². The number of thioether (sulfide) groups is 1. The third-order valence-electron chi connectivity index (χ3n) is 4.40. The maximum absolute atomic E-state index is 6.21. The molecule has 0 amide bonds. The van der Waals surface area contributed by atoms with Gasteiger partial charge in [-0.2, -0.15) is 9.78 Å². The molecule has 7 nitrogen and oxygen atoms in total. The second-order valence-corrected chi connectivity index (χ2v) is 8.35. The molecule has 1 aromatic carbocycles. The molecule has 4 aromatic rings. The highest BCUT2D eigenvalue weighted by molar-refractivity contribution is 7.99. The highest BCUT2D eigenvalue weighted by Crippen LogP contribution is 2.27. The summed E-state index contributed by atoms with van der Waals surface area (Å²) in [5.74, 6) is 3.99. The van der Waals surface area contributed by atoms with Crippen LogP contribution in [0.4, 0.5) is 0 Å². The zero-order valence-corrected chi connectivity index (χ0v) is 18.9. The van der Waals surface area contributed by atoms with E-state index >= 15 is 0 Å². The Morgan fingerprint density at radius 1 is 1.19 bits per heavy atom. The Morgan fingerprint density at radius 2 is 2.00 bits per heavy atom. The van der Waals surface area contributed by atoms with Crippen molar-refractivity contribution in [3.05, 3.63) is 70.3 Å². The van der Waals surface area contributed by atoms with Crippen LogP contribution in [0.2, 0.25) is 5.02 Å². The fraction of sp³-hybridized carbons (Fsp3) is 0.227. The van der Waals surface area contributed by atoms with Crippen molar-refractivity contribution < 1.29 is 13.6 Å². The molecule has 0 bridgehead atoms. The number of ether oxygens (including phenoxy) is 1. The van der Waals surface area contributed by atoms with Crippen molar-refractivity contribution in [1.29, 1.82) is 0 Å². The van der Waals surface area contributed by atoms with Crippen LogP contribution in [0.25, 0.3) is 11.6 Å². The summed E-state index contributed by atoms with van der Waals surface area (Å²) in [4.78, 5) is 0. The summed E-state index contributed by atoms with van der Waals surface area (Å²) in [5, 5.41) is 14.4. The second-order valence-electron chi connectivity index (χ2n) is 6.74. The molecule has 3 heterocycles. The van der Waals surface area contributed by atoms with Gasteiger partial charge in [0.2, 0.25) is 11.0 Å². The third kappa shape index (κ3) is 4.86. The number of rotatable bonds is 8. The van der Waals surface area contributed by atoms with E-state index in [0.717, 1.165) is 27.7 Å². The lowest BCUT2D eigenvalue weighted by Gasteiger charge is -2.08. The average molecular weight is 457 g/mol. The summed E-state index contributed by atoms with van der Waals surface area (Å²) in [6.45, 7) is 6.26. The maximum Gasteiger partial charge on any atom is 0.221 e. The molecule has 0 fully saturated rings. The fourth-order valence-electron chi connectivity index (χ4n) is 2.95. The topological polar surface area (TPSA) is 78.6 Å². The standard InChI is InChI=1S/C22H21ClN4O3S/c1-4-31-22-26-25-21(19-6-5-9-28-19)27(22)24-12-16-7-8-17(30-16)13-29-18-10-14(2)20(23)15(3)11-18/h5-12H,4,13H2,1-3H3/b24-12+. The van der Waals surface area contributed by atoms with Gasteiger partial charge < -0.3 is 13.6 Å². The highest BCUT2D eigenvalue weighted by atomic mass is 35.5. The van der Waals surface area contributed by atoms with E-state index in [1.165, 1.54) is 0 Å². The molecule has 0 unspecified atom stereocenters. The van der Waals surface area contributed by atoms with Crippen molar-refractivity contribution in [2.75, 3.05) is 5.75 Å². The van der Waals surface area contributed by atoms with E-state index in [4.69, 9.17) is 25.2 Å². The first kappa shape index (κ1) is 21.3. The molecule has 0 aliphatic rings. The van der Waals surface area contributed by atoms with Crippen molar-refractivity contribution in [1.82, 2.24) is 14.9 Å². The van der Waals surface area contributed by atoms with Crippen molar-refractivity contribution in [3.8, 4) is 17.3 Å². The number of aryl methyl sites for hydroxylation is 2. The zero-order chi connectivity index (χ0) is 21.8. The predicted molar refractivity (Wildman–Crippen MR) is 121 cm³/mol. The van der Waals surface area contributed by atoms with E-state index in [1.54, 1.807) is 35.0 Å². The van der Waals surface area contributed by atoms with Gasteiger partial charge in [0, 0.05) is 5.02 Å². The Bertz CT molecular complexity index is 1170. The van der Waals surface area contributed by atoms with Crippen LogP contribution in [-0.4, -0.2) is 26.8 Å². The van der Waals surface area contributed by atoms with Crippen LogP contribution in [0.1, 0.15) is 29.6 Å². The highest BCUT2D eigenvalue weighted by Gasteiger charge is 2.15. The second kappa shape index (κ2) is 9.45. The van der Waals surface area contributed by atoms with Gasteiger partial charge in [-0.3, -0.25) is 0 Å². The van der Waals surface area contributed by atoms with E-state index in [9.17, 15) is 0 Å². The molecular formula is C22H21ClN4O3S. The molecule has 0 radical (unpaired) electrons. The van der Waals surface area contributed by atoms with Gasteiger partial charge in [-0.25, -0.2) is 0 Å². The van der Waals surface area contributed by atoms with E-state index in [0.29, 0.717) is 34.9 Å². The van der Waals surface area contributed by atoms with E-state index < -0.39 is 0 Å². The lowest BCUT2D eigenvalue weighted by Crippen LogP contribution is -1.96. The quantitative estimate of drug-likeness (QED) is 0.240. The number of nitrogens with zero attached hydrogens (tertiary/aromatic N) is 4. The number of furan rings is 2. The molecule has 0 saturated carbocycles. The van der Waals surface area contributed by atoms with Crippen molar-refractivity contribution in [2.45, 2.75) is 32.5 Å². The van der Waals surface area contributed by atoms with Crippen LogP contribution in [0.15, 0.2) is 61.8 Å². The van der Waals surface area contributed by atoms with Gasteiger partial charge in [-0.1, -0.05) is 30.3 Å². The largest absolute Gasteiger partial charge is 0.486 e. The average Bonchev–Trinajstić information content (AvgIpc) is 3.50. The van der Waals surface area contributed by atoms with Gasteiger partial charge in [-0.05, 0) is 67.1 Å². The molecule has 0 spiro atoms. The van der Waals surface area contributed by atoms with Gasteiger partial charge >= 0.3 is 0 Å². The van der Waals surface area contributed by atoms with Crippen LogP contribution in [-0.2, 0) is 6.61 Å². The maximum atomic E-state index is 6.21. The smallest absolute Gasteiger partial charge is 0.221 e. The monoisotopic (exact) mass is 456 g/mol. The zero-order valence-electron chi connectivity index (χ0n) is 17.3. The summed E-state index contributed by atoms with van der Waals surface area (Å²) < 4.78 is 18.8. The normalized spacial score (nSPS) is 11.5. The molecule has 9 heteroatoms. The summed E-state index contributed by atoms with van der Waals surface area (Å²) in [6, 6.07) is 11.1. The Balaban J connectivity index is 1.49. The molecule has 0 saturated heterocycles. The molecular weight excluding hydrogens is 436 g/mol. The number of halogens is 1. The summed E-state index contributed by atoms with van der Waals surface area (Å²) in [5.41, 5.74) is 1.96. The molecule has 0 aliphatic carbocycles. The molecule has 4 rings (SSSR count). The number of aromatic nitrogens is 3. The molecule has 3 aromatic heterocycles. The SMILES string of the molecule is CCSc1nnc(-c2ccco2)n1/N=C/c1ccc(COc2cc(C)c(Cl)c(C)c2)o1. The van der Waals surface area contributed by atoms with E-state index in [1.807, 2.05) is 51.1 Å². The number of hydrogen-bond donors (Lipinski definition) is 0. The molecule has 0 atom stereocenters. The lowest BCUT2D eigenvalue weighted by atomic mass is 10.1. The summed E-state index contributed by atoms with van der Waals surface area (Å²) in [7, 11) is 0. The van der Waals surface area contributed by atoms with E-state index in [-0.39, 0.29) is 0 Å². The minimum Gasteiger partial charge on any atom is -0.486 e. The predicted octanol–water partition coefficient (Wildman–Crippen LogP) is 5.97. The van der Waals surface area contributed by atoms with Gasteiger partial charge in [0.25, 0.3) is 0 Å². The van der Waals surface area contributed by atoms with Crippen LogP contribution < -0.4 is 4.74 Å².